The molecule has 1 aromatic rings. The maximum atomic E-state index is 12.3. The van der Waals surface area contributed by atoms with Crippen LogP contribution in [0.5, 0.6) is 0 Å². The molecule has 4 N–H and O–H groups in total. The van der Waals surface area contributed by atoms with Crippen molar-refractivity contribution in [1.82, 2.24) is 10.0 Å². The minimum Gasteiger partial charge on any atom is -0.349 e. The van der Waals surface area contributed by atoms with E-state index >= 15 is 0 Å². The molecule has 23 heavy (non-hydrogen) atoms. The molecule has 0 aromatic heterocycles. The molecule has 2 atom stereocenters. The van der Waals surface area contributed by atoms with Crippen molar-refractivity contribution in [3.8, 4) is 0 Å². The molecule has 0 aliphatic heterocycles. The van der Waals surface area contributed by atoms with Gasteiger partial charge in [0.05, 0.1) is 4.90 Å². The lowest BCUT2D eigenvalue weighted by molar-refractivity contribution is 0.0928. The first-order valence-electron chi connectivity index (χ1n) is 7.69. The predicted molar refractivity (Wildman–Crippen MR) is 89.5 cm³/mol. The van der Waals surface area contributed by atoms with Crippen LogP contribution in [-0.4, -0.2) is 33.5 Å². The standard InChI is InChI=1S/C16H23N3O3S/c1-2-10-18-23(21,22)14-8-6-12(7-9-14)16(20)19-15-5-3-4-13(15)11-17/h2,6-9,13,15,18H,1,3-5,10-11,17H2,(H,19,20). The molecule has 1 fully saturated rings. The first-order valence-corrected chi connectivity index (χ1v) is 9.18. The van der Waals surface area contributed by atoms with Crippen LogP contribution in [0.1, 0.15) is 29.6 Å². The van der Waals surface area contributed by atoms with Crippen LogP contribution in [0.4, 0.5) is 0 Å². The van der Waals surface area contributed by atoms with Gasteiger partial charge < -0.3 is 11.1 Å². The molecule has 1 saturated carbocycles. The quantitative estimate of drug-likeness (QED) is 0.646. The highest BCUT2D eigenvalue weighted by Crippen LogP contribution is 2.25. The number of carbonyl (C=O) groups excluding carboxylic acids is 1. The third kappa shape index (κ3) is 4.40. The van der Waals surface area contributed by atoms with Crippen molar-refractivity contribution in [2.75, 3.05) is 13.1 Å². The van der Waals surface area contributed by atoms with Crippen LogP contribution >= 0.6 is 0 Å². The van der Waals surface area contributed by atoms with Gasteiger partial charge in [-0.1, -0.05) is 12.5 Å². The van der Waals surface area contributed by atoms with Gasteiger partial charge in [-0.15, -0.1) is 6.58 Å². The second-order valence-corrected chi connectivity index (χ2v) is 7.44. The lowest BCUT2D eigenvalue weighted by atomic mass is 10.0. The molecule has 1 aromatic carbocycles. The van der Waals surface area contributed by atoms with E-state index in [9.17, 15) is 13.2 Å². The lowest BCUT2D eigenvalue weighted by Crippen LogP contribution is -2.39. The molecule has 1 aliphatic carbocycles. The normalized spacial score (nSPS) is 21.1. The first-order chi connectivity index (χ1) is 11.0. The summed E-state index contributed by atoms with van der Waals surface area (Å²) in [6.45, 7) is 4.19. The lowest BCUT2D eigenvalue weighted by Gasteiger charge is -2.19. The number of nitrogens with two attached hydrogens (primary N) is 1. The Morgan fingerprint density at radius 2 is 2.00 bits per heavy atom. The Labute approximate surface area is 137 Å². The average Bonchev–Trinajstić information content (AvgIpc) is 3.00. The van der Waals surface area contributed by atoms with E-state index in [4.69, 9.17) is 5.73 Å². The molecule has 126 valence electrons. The predicted octanol–water partition coefficient (Wildman–Crippen LogP) is 1.01. The number of sulfonamides is 1. The van der Waals surface area contributed by atoms with Crippen LogP contribution in [0.25, 0.3) is 0 Å². The van der Waals surface area contributed by atoms with Crippen molar-refractivity contribution >= 4 is 15.9 Å². The third-order valence-electron chi connectivity index (χ3n) is 4.12. The van der Waals surface area contributed by atoms with Crippen molar-refractivity contribution in [3.63, 3.8) is 0 Å². The maximum absolute atomic E-state index is 12.3. The summed E-state index contributed by atoms with van der Waals surface area (Å²) in [4.78, 5) is 12.4. The van der Waals surface area contributed by atoms with Crippen molar-refractivity contribution in [3.05, 3.63) is 42.5 Å². The third-order valence-corrected chi connectivity index (χ3v) is 5.56. The van der Waals surface area contributed by atoms with Crippen LogP contribution in [0.15, 0.2) is 41.8 Å². The molecule has 0 spiro atoms. The Bertz CT molecular complexity index is 656. The fourth-order valence-corrected chi connectivity index (χ4v) is 3.80. The summed E-state index contributed by atoms with van der Waals surface area (Å²) < 4.78 is 26.3. The average molecular weight is 337 g/mol. The molecule has 1 amide bonds. The van der Waals surface area contributed by atoms with Crippen LogP contribution in [0.2, 0.25) is 0 Å². The number of rotatable bonds is 7. The zero-order valence-electron chi connectivity index (χ0n) is 13.0. The van der Waals surface area contributed by atoms with Gasteiger partial charge in [0, 0.05) is 18.2 Å². The topological polar surface area (TPSA) is 101 Å². The van der Waals surface area contributed by atoms with Crippen molar-refractivity contribution in [2.45, 2.75) is 30.2 Å². The second kappa shape index (κ2) is 7.72. The fraction of sp³-hybridized carbons (Fsp3) is 0.438. The minimum atomic E-state index is -3.57. The summed E-state index contributed by atoms with van der Waals surface area (Å²) in [5, 5.41) is 2.99. The Morgan fingerprint density at radius 1 is 1.30 bits per heavy atom. The highest BCUT2D eigenvalue weighted by Gasteiger charge is 2.27. The second-order valence-electron chi connectivity index (χ2n) is 5.67. The van der Waals surface area contributed by atoms with Gasteiger partial charge in [0.2, 0.25) is 10.0 Å². The van der Waals surface area contributed by atoms with Gasteiger partial charge in [-0.2, -0.15) is 0 Å². The molecular weight excluding hydrogens is 314 g/mol. The fourth-order valence-electron chi connectivity index (χ4n) is 2.80. The Kier molecular flexibility index (Phi) is 5.92. The van der Waals surface area contributed by atoms with Crippen molar-refractivity contribution in [1.29, 1.82) is 0 Å². The van der Waals surface area contributed by atoms with Crippen LogP contribution in [-0.2, 0) is 10.0 Å². The molecule has 2 unspecified atom stereocenters. The molecule has 1 aliphatic rings. The largest absolute Gasteiger partial charge is 0.349 e. The van der Waals surface area contributed by atoms with Gasteiger partial charge >= 0.3 is 0 Å². The summed E-state index contributed by atoms with van der Waals surface area (Å²) in [6.07, 6.45) is 4.51. The SMILES string of the molecule is C=CCNS(=O)(=O)c1ccc(C(=O)NC2CCCC2CN)cc1. The van der Waals surface area contributed by atoms with Crippen LogP contribution < -0.4 is 15.8 Å². The van der Waals surface area contributed by atoms with E-state index in [-0.39, 0.29) is 23.4 Å². The van der Waals surface area contributed by atoms with E-state index in [1.165, 1.54) is 30.3 Å². The van der Waals surface area contributed by atoms with Gasteiger partial charge in [-0.25, -0.2) is 13.1 Å². The minimum absolute atomic E-state index is 0.102. The highest BCUT2D eigenvalue weighted by atomic mass is 32.2. The Morgan fingerprint density at radius 3 is 2.61 bits per heavy atom. The van der Waals surface area contributed by atoms with Gasteiger partial charge in [0.1, 0.15) is 0 Å². The summed E-state index contributed by atoms with van der Waals surface area (Å²) in [6, 6.07) is 5.99. The Hall–Kier alpha value is -1.70. The molecule has 2 rings (SSSR count). The number of hydrogen-bond donors (Lipinski definition) is 3. The summed E-state index contributed by atoms with van der Waals surface area (Å²) in [5.41, 5.74) is 6.15. The molecule has 0 saturated heterocycles. The van der Waals surface area contributed by atoms with E-state index in [1.807, 2.05) is 0 Å². The highest BCUT2D eigenvalue weighted by molar-refractivity contribution is 7.89. The Balaban J connectivity index is 2.04. The molecule has 0 bridgehead atoms. The smallest absolute Gasteiger partial charge is 0.251 e. The number of hydrogen-bond acceptors (Lipinski definition) is 4. The number of carbonyl (C=O) groups is 1. The van der Waals surface area contributed by atoms with Crippen LogP contribution in [0.3, 0.4) is 0 Å². The van der Waals surface area contributed by atoms with Crippen molar-refractivity contribution < 1.29 is 13.2 Å². The van der Waals surface area contributed by atoms with E-state index in [0.717, 1.165) is 19.3 Å². The molecule has 0 heterocycles. The molecular formula is C16H23N3O3S. The maximum Gasteiger partial charge on any atom is 0.251 e. The van der Waals surface area contributed by atoms with Gasteiger partial charge in [0.15, 0.2) is 0 Å². The van der Waals surface area contributed by atoms with E-state index in [1.54, 1.807) is 0 Å². The van der Waals surface area contributed by atoms with Crippen molar-refractivity contribution in [2.24, 2.45) is 11.7 Å². The summed E-state index contributed by atoms with van der Waals surface area (Å²) in [7, 11) is -3.57. The van der Waals surface area contributed by atoms with Crippen LogP contribution in [0, 0.1) is 5.92 Å². The zero-order chi connectivity index (χ0) is 16.9. The number of nitrogens with one attached hydrogen (secondary N) is 2. The van der Waals surface area contributed by atoms with E-state index < -0.39 is 10.0 Å². The van der Waals surface area contributed by atoms with E-state index in [0.29, 0.717) is 18.0 Å². The monoisotopic (exact) mass is 337 g/mol. The zero-order valence-corrected chi connectivity index (χ0v) is 13.8. The molecule has 6 nitrogen and oxygen atoms in total. The van der Waals surface area contributed by atoms with Gasteiger partial charge in [-0.05, 0) is 49.6 Å². The molecule has 7 heteroatoms. The number of benzene rings is 1. The van der Waals surface area contributed by atoms with Gasteiger partial charge in [0.25, 0.3) is 5.91 Å². The number of amides is 1. The molecule has 0 radical (unpaired) electrons. The van der Waals surface area contributed by atoms with E-state index in [2.05, 4.69) is 16.6 Å². The summed E-state index contributed by atoms with van der Waals surface area (Å²) in [5.74, 6) is 0.125. The van der Waals surface area contributed by atoms with Gasteiger partial charge in [-0.3, -0.25) is 4.79 Å². The first kappa shape index (κ1) is 17.7. The summed E-state index contributed by atoms with van der Waals surface area (Å²) >= 11 is 0.